The Morgan fingerprint density at radius 2 is 1.97 bits per heavy atom. The molecule has 2 aromatic carbocycles. The maximum absolute atomic E-state index is 14.4. The molecule has 0 aliphatic carbocycles. The lowest BCUT2D eigenvalue weighted by atomic mass is 10.2. The van der Waals surface area contributed by atoms with E-state index in [1.54, 1.807) is 31.3 Å². The van der Waals surface area contributed by atoms with Crippen molar-refractivity contribution in [1.29, 1.82) is 0 Å². The van der Waals surface area contributed by atoms with Gasteiger partial charge in [-0.2, -0.15) is 0 Å². The molecular weight excluding hydrogens is 385 g/mol. The van der Waals surface area contributed by atoms with E-state index in [9.17, 15) is 9.18 Å². The first-order valence-electron chi connectivity index (χ1n) is 9.27. The number of benzene rings is 2. The van der Waals surface area contributed by atoms with Crippen LogP contribution in [-0.2, 0) is 6.54 Å². The zero-order valence-corrected chi connectivity index (χ0v) is 16.1. The van der Waals surface area contributed by atoms with Crippen molar-refractivity contribution in [2.45, 2.75) is 13.5 Å². The Balaban J connectivity index is 1.42. The van der Waals surface area contributed by atoms with E-state index in [0.717, 1.165) is 5.56 Å². The molecule has 0 saturated carbocycles. The number of nitrogens with zero attached hydrogens (tertiary/aromatic N) is 2. The Hall–Kier alpha value is -4.00. The van der Waals surface area contributed by atoms with Gasteiger partial charge in [0.2, 0.25) is 5.89 Å². The highest BCUT2D eigenvalue weighted by atomic mass is 19.1. The molecule has 30 heavy (non-hydrogen) atoms. The van der Waals surface area contributed by atoms with Gasteiger partial charge >= 0.3 is 0 Å². The molecule has 0 atom stereocenters. The molecule has 1 amide bonds. The maximum atomic E-state index is 14.4. The number of carbonyl (C=O) groups excluding carboxylic acids is 1. The number of halogens is 1. The van der Waals surface area contributed by atoms with E-state index >= 15 is 0 Å². The summed E-state index contributed by atoms with van der Waals surface area (Å²) in [6.07, 6.45) is 3.10. The van der Waals surface area contributed by atoms with Crippen molar-refractivity contribution in [3.8, 4) is 23.0 Å². The molecule has 4 aromatic rings. The molecule has 0 aliphatic rings. The Morgan fingerprint density at radius 1 is 1.13 bits per heavy atom. The first-order valence-corrected chi connectivity index (χ1v) is 9.27. The zero-order valence-electron chi connectivity index (χ0n) is 16.1. The Kier molecular flexibility index (Phi) is 5.52. The fraction of sp³-hybridized carbons (Fsp3) is 0.0870. The molecule has 0 unspecified atom stereocenters. The lowest BCUT2D eigenvalue weighted by Crippen LogP contribution is -2.23. The number of carbonyl (C=O) groups is 1. The SMILES string of the molecule is Cc1oc(-c2ccccc2)nc1C(=O)NCc1ccc(Oc2cccnc2)c(F)c1. The fourth-order valence-electron chi connectivity index (χ4n) is 2.85. The summed E-state index contributed by atoms with van der Waals surface area (Å²) in [5, 5.41) is 2.74. The predicted octanol–water partition coefficient (Wildman–Crippen LogP) is 4.91. The van der Waals surface area contributed by atoms with E-state index in [1.807, 2.05) is 30.3 Å². The topological polar surface area (TPSA) is 77.2 Å². The highest BCUT2D eigenvalue weighted by Crippen LogP contribution is 2.25. The minimum atomic E-state index is -0.533. The van der Waals surface area contributed by atoms with Crippen LogP contribution >= 0.6 is 0 Å². The van der Waals surface area contributed by atoms with E-state index in [0.29, 0.717) is 23.0 Å². The van der Waals surface area contributed by atoms with Crippen LogP contribution in [0.3, 0.4) is 0 Å². The number of hydrogen-bond donors (Lipinski definition) is 1. The number of amides is 1. The normalized spacial score (nSPS) is 10.6. The van der Waals surface area contributed by atoms with Gasteiger partial charge < -0.3 is 14.5 Å². The van der Waals surface area contributed by atoms with Crippen LogP contribution in [0, 0.1) is 12.7 Å². The van der Waals surface area contributed by atoms with Crippen molar-refractivity contribution in [2.24, 2.45) is 0 Å². The molecule has 2 heterocycles. The van der Waals surface area contributed by atoms with Gasteiger partial charge in [0.05, 0.1) is 6.20 Å². The van der Waals surface area contributed by atoms with Crippen molar-refractivity contribution < 1.29 is 18.3 Å². The summed E-state index contributed by atoms with van der Waals surface area (Å²) in [4.78, 5) is 20.7. The molecule has 0 saturated heterocycles. The molecule has 0 bridgehead atoms. The van der Waals surface area contributed by atoms with Gasteiger partial charge in [0.1, 0.15) is 11.5 Å². The summed E-state index contributed by atoms with van der Waals surface area (Å²) in [5.74, 6) is 0.383. The number of ether oxygens (including phenoxy) is 1. The first-order chi connectivity index (χ1) is 14.6. The number of nitrogens with one attached hydrogen (secondary N) is 1. The summed E-state index contributed by atoms with van der Waals surface area (Å²) in [7, 11) is 0. The van der Waals surface area contributed by atoms with Crippen molar-refractivity contribution in [1.82, 2.24) is 15.3 Å². The second kappa shape index (κ2) is 8.57. The van der Waals surface area contributed by atoms with Crippen molar-refractivity contribution in [3.05, 3.63) is 95.9 Å². The molecule has 4 rings (SSSR count). The van der Waals surface area contributed by atoms with Crippen LogP contribution in [0.4, 0.5) is 4.39 Å². The van der Waals surface area contributed by atoms with Crippen LogP contribution in [0.15, 0.2) is 77.5 Å². The first kappa shape index (κ1) is 19.3. The molecule has 0 radical (unpaired) electrons. The highest BCUT2D eigenvalue weighted by molar-refractivity contribution is 5.93. The van der Waals surface area contributed by atoms with E-state index in [-0.39, 0.29) is 18.0 Å². The van der Waals surface area contributed by atoms with Crippen LogP contribution in [0.5, 0.6) is 11.5 Å². The summed E-state index contributed by atoms with van der Waals surface area (Å²) >= 11 is 0. The van der Waals surface area contributed by atoms with E-state index < -0.39 is 11.7 Å². The summed E-state index contributed by atoms with van der Waals surface area (Å²) in [5.41, 5.74) is 1.57. The van der Waals surface area contributed by atoms with Crippen molar-refractivity contribution in [3.63, 3.8) is 0 Å². The van der Waals surface area contributed by atoms with Gasteiger partial charge in [-0.05, 0) is 48.9 Å². The van der Waals surface area contributed by atoms with Crippen LogP contribution in [0.25, 0.3) is 11.5 Å². The van der Waals surface area contributed by atoms with Crippen LogP contribution in [0.1, 0.15) is 21.8 Å². The van der Waals surface area contributed by atoms with Gasteiger partial charge in [0.25, 0.3) is 5.91 Å². The number of rotatable bonds is 6. The lowest BCUT2D eigenvalue weighted by molar-refractivity contribution is 0.0945. The van der Waals surface area contributed by atoms with Gasteiger partial charge in [-0.3, -0.25) is 9.78 Å². The zero-order chi connectivity index (χ0) is 20.9. The fourth-order valence-corrected chi connectivity index (χ4v) is 2.85. The van der Waals surface area contributed by atoms with Gasteiger partial charge in [-0.25, -0.2) is 9.37 Å². The number of aromatic nitrogens is 2. The Morgan fingerprint density at radius 3 is 2.70 bits per heavy atom. The Labute approximate surface area is 172 Å². The van der Waals surface area contributed by atoms with Gasteiger partial charge in [0, 0.05) is 18.3 Å². The van der Waals surface area contributed by atoms with Gasteiger partial charge in [0.15, 0.2) is 17.3 Å². The van der Waals surface area contributed by atoms with Crippen LogP contribution < -0.4 is 10.1 Å². The lowest BCUT2D eigenvalue weighted by Gasteiger charge is -2.08. The predicted molar refractivity (Wildman–Crippen MR) is 109 cm³/mol. The third-order valence-corrected chi connectivity index (χ3v) is 4.34. The second-order valence-corrected chi connectivity index (χ2v) is 6.53. The minimum Gasteiger partial charge on any atom is -0.453 e. The number of hydrogen-bond acceptors (Lipinski definition) is 5. The number of oxazole rings is 1. The molecule has 0 fully saturated rings. The molecule has 0 spiro atoms. The van der Waals surface area contributed by atoms with E-state index in [4.69, 9.17) is 9.15 Å². The number of aryl methyl sites for hydroxylation is 1. The minimum absolute atomic E-state index is 0.0814. The molecule has 2 aromatic heterocycles. The molecular formula is C23H18FN3O3. The van der Waals surface area contributed by atoms with Crippen LogP contribution in [0.2, 0.25) is 0 Å². The largest absolute Gasteiger partial charge is 0.453 e. The molecule has 7 heteroatoms. The third kappa shape index (κ3) is 4.35. The second-order valence-electron chi connectivity index (χ2n) is 6.53. The summed E-state index contributed by atoms with van der Waals surface area (Å²) in [6.45, 7) is 1.81. The van der Waals surface area contributed by atoms with E-state index in [1.165, 1.54) is 18.3 Å². The average Bonchev–Trinajstić information content (AvgIpc) is 3.17. The summed E-state index contributed by atoms with van der Waals surface area (Å²) < 4.78 is 25.4. The maximum Gasteiger partial charge on any atom is 0.273 e. The molecule has 6 nitrogen and oxygen atoms in total. The monoisotopic (exact) mass is 403 g/mol. The Bertz CT molecular complexity index is 1160. The van der Waals surface area contributed by atoms with Crippen molar-refractivity contribution in [2.75, 3.05) is 0 Å². The third-order valence-electron chi connectivity index (χ3n) is 4.34. The van der Waals surface area contributed by atoms with Gasteiger partial charge in [-0.1, -0.05) is 24.3 Å². The molecule has 150 valence electrons. The van der Waals surface area contributed by atoms with Gasteiger partial charge in [-0.15, -0.1) is 0 Å². The molecule has 1 N–H and O–H groups in total. The smallest absolute Gasteiger partial charge is 0.273 e. The van der Waals surface area contributed by atoms with Crippen molar-refractivity contribution >= 4 is 5.91 Å². The average molecular weight is 403 g/mol. The number of pyridine rings is 1. The molecule has 0 aliphatic heterocycles. The standard InChI is InChI=1S/C23H18FN3O3/c1-15-21(27-23(29-15)17-6-3-2-4-7-17)22(28)26-13-16-9-10-20(19(24)12-16)30-18-8-5-11-25-14-18/h2-12,14H,13H2,1H3,(H,26,28). The van der Waals surface area contributed by atoms with E-state index in [2.05, 4.69) is 15.3 Å². The summed E-state index contributed by atoms with van der Waals surface area (Å²) in [6, 6.07) is 17.2. The quantitative estimate of drug-likeness (QED) is 0.495. The van der Waals surface area contributed by atoms with Crippen LogP contribution in [-0.4, -0.2) is 15.9 Å². The highest BCUT2D eigenvalue weighted by Gasteiger charge is 2.18.